The summed E-state index contributed by atoms with van der Waals surface area (Å²) in [6, 6.07) is 3.28. The van der Waals surface area contributed by atoms with Crippen LogP contribution in [0.3, 0.4) is 0 Å². The van der Waals surface area contributed by atoms with Crippen molar-refractivity contribution in [3.05, 3.63) is 46.5 Å². The molecule has 2 aromatic heterocycles. The average Bonchev–Trinajstić information content (AvgIpc) is 2.58. The molecule has 0 aromatic carbocycles. The van der Waals surface area contributed by atoms with Gasteiger partial charge in [0.2, 0.25) is 0 Å². The van der Waals surface area contributed by atoms with Crippen LogP contribution in [0.2, 0.25) is 0 Å². The van der Waals surface area contributed by atoms with Gasteiger partial charge in [-0.2, -0.15) is 5.10 Å². The van der Waals surface area contributed by atoms with Crippen LogP contribution in [0.4, 0.5) is 0 Å². The minimum absolute atomic E-state index is 0.197. The highest BCUT2D eigenvalue weighted by Crippen LogP contribution is 2.12. The van der Waals surface area contributed by atoms with E-state index in [-0.39, 0.29) is 5.56 Å². The van der Waals surface area contributed by atoms with Crippen LogP contribution >= 0.6 is 0 Å². The molecule has 0 aliphatic rings. The lowest BCUT2D eigenvalue weighted by Gasteiger charge is -2.04. The third kappa shape index (κ3) is 2.25. The number of aromatic nitrogens is 3. The van der Waals surface area contributed by atoms with E-state index in [9.17, 15) is 4.79 Å². The number of rotatable bonds is 3. The van der Waals surface area contributed by atoms with Crippen LogP contribution in [0.1, 0.15) is 33.0 Å². The van der Waals surface area contributed by atoms with E-state index in [1.807, 2.05) is 25.5 Å². The van der Waals surface area contributed by atoms with Crippen molar-refractivity contribution in [3.8, 4) is 0 Å². The van der Waals surface area contributed by atoms with E-state index in [1.165, 1.54) is 11.8 Å². The van der Waals surface area contributed by atoms with Crippen molar-refractivity contribution in [2.75, 3.05) is 0 Å². The summed E-state index contributed by atoms with van der Waals surface area (Å²) in [6.45, 7) is 6.58. The maximum atomic E-state index is 10.7. The third-order valence-corrected chi connectivity index (χ3v) is 3.13. The summed E-state index contributed by atoms with van der Waals surface area (Å²) in [5.74, 6) is -0.962. The Balaban J connectivity index is 2.23. The lowest BCUT2D eigenvalue weighted by Crippen LogP contribution is -2.06. The van der Waals surface area contributed by atoms with Gasteiger partial charge in [-0.05, 0) is 38.5 Å². The van der Waals surface area contributed by atoms with E-state index < -0.39 is 5.97 Å². The molecule has 0 radical (unpaired) electrons. The van der Waals surface area contributed by atoms with Gasteiger partial charge in [0.05, 0.1) is 23.5 Å². The number of hydrogen-bond donors (Lipinski definition) is 1. The fourth-order valence-electron chi connectivity index (χ4n) is 1.74. The molecular weight excluding hydrogens is 230 g/mol. The maximum Gasteiger partial charge on any atom is 0.337 e. The van der Waals surface area contributed by atoms with Crippen molar-refractivity contribution >= 4 is 5.97 Å². The molecule has 18 heavy (non-hydrogen) atoms. The molecule has 0 spiro atoms. The van der Waals surface area contributed by atoms with Crippen molar-refractivity contribution in [2.45, 2.75) is 27.3 Å². The normalized spacial score (nSPS) is 10.6. The molecule has 0 amide bonds. The highest BCUT2D eigenvalue weighted by Gasteiger charge is 2.09. The van der Waals surface area contributed by atoms with Gasteiger partial charge in [0.15, 0.2) is 0 Å². The van der Waals surface area contributed by atoms with Gasteiger partial charge in [-0.15, -0.1) is 0 Å². The minimum Gasteiger partial charge on any atom is -0.478 e. The molecule has 5 heteroatoms. The Morgan fingerprint density at radius 3 is 2.50 bits per heavy atom. The number of carboxylic acid groups (broad SMARTS) is 1. The smallest absolute Gasteiger partial charge is 0.337 e. The lowest BCUT2D eigenvalue weighted by atomic mass is 10.2. The lowest BCUT2D eigenvalue weighted by molar-refractivity contribution is 0.0696. The molecule has 0 saturated heterocycles. The van der Waals surface area contributed by atoms with Gasteiger partial charge in [0.25, 0.3) is 0 Å². The zero-order valence-corrected chi connectivity index (χ0v) is 10.6. The van der Waals surface area contributed by atoms with E-state index in [0.717, 1.165) is 17.1 Å². The number of carbonyl (C=O) groups is 1. The molecule has 0 aliphatic heterocycles. The van der Waals surface area contributed by atoms with E-state index in [0.29, 0.717) is 6.54 Å². The molecule has 0 fully saturated rings. The molecule has 0 atom stereocenters. The second kappa shape index (κ2) is 4.60. The van der Waals surface area contributed by atoms with Gasteiger partial charge in [-0.3, -0.25) is 9.67 Å². The molecule has 0 unspecified atom stereocenters. The second-order valence-corrected chi connectivity index (χ2v) is 4.30. The first-order chi connectivity index (χ1) is 8.49. The molecule has 0 saturated carbocycles. The van der Waals surface area contributed by atoms with E-state index >= 15 is 0 Å². The first-order valence-electron chi connectivity index (χ1n) is 5.68. The van der Waals surface area contributed by atoms with Gasteiger partial charge < -0.3 is 5.11 Å². The largest absolute Gasteiger partial charge is 0.478 e. The van der Waals surface area contributed by atoms with Crippen LogP contribution in [0, 0.1) is 20.8 Å². The Kier molecular flexibility index (Phi) is 3.14. The molecule has 94 valence electrons. The molecular formula is C13H15N3O2. The van der Waals surface area contributed by atoms with Gasteiger partial charge >= 0.3 is 5.97 Å². The van der Waals surface area contributed by atoms with E-state index in [4.69, 9.17) is 5.11 Å². The zero-order chi connectivity index (χ0) is 13.3. The highest BCUT2D eigenvalue weighted by molar-refractivity contribution is 5.87. The van der Waals surface area contributed by atoms with Crippen LogP contribution < -0.4 is 0 Å². The number of aryl methyl sites for hydroxylation is 1. The minimum atomic E-state index is -0.962. The Labute approximate surface area is 105 Å². The number of pyridine rings is 1. The summed E-state index contributed by atoms with van der Waals surface area (Å²) in [5.41, 5.74) is 4.29. The third-order valence-electron chi connectivity index (χ3n) is 3.13. The molecule has 1 N–H and O–H groups in total. The fourth-order valence-corrected chi connectivity index (χ4v) is 1.74. The van der Waals surface area contributed by atoms with Gasteiger partial charge in [0, 0.05) is 11.9 Å². The molecule has 2 heterocycles. The Hall–Kier alpha value is -2.17. The summed E-state index contributed by atoms with van der Waals surface area (Å²) in [5, 5.41) is 13.2. The predicted molar refractivity (Wildman–Crippen MR) is 66.7 cm³/mol. The molecule has 2 rings (SSSR count). The van der Waals surface area contributed by atoms with Crippen molar-refractivity contribution in [1.82, 2.24) is 14.8 Å². The van der Waals surface area contributed by atoms with Crippen molar-refractivity contribution in [3.63, 3.8) is 0 Å². The topological polar surface area (TPSA) is 68.0 Å². The second-order valence-electron chi connectivity index (χ2n) is 4.30. The Bertz CT molecular complexity index is 585. The van der Waals surface area contributed by atoms with Crippen molar-refractivity contribution < 1.29 is 9.90 Å². The van der Waals surface area contributed by atoms with E-state index in [1.54, 1.807) is 12.1 Å². The first kappa shape index (κ1) is 12.3. The SMILES string of the molecule is Cc1nn(Cc2ccc(C(=O)O)cn2)c(C)c1C. The van der Waals surface area contributed by atoms with Gasteiger partial charge in [-0.25, -0.2) is 4.79 Å². The predicted octanol–water partition coefficient (Wildman–Crippen LogP) is 1.95. The average molecular weight is 245 g/mol. The van der Waals surface area contributed by atoms with Crippen LogP contribution in [-0.4, -0.2) is 25.8 Å². The zero-order valence-electron chi connectivity index (χ0n) is 10.6. The quantitative estimate of drug-likeness (QED) is 0.897. The number of carboxylic acids is 1. The summed E-state index contributed by atoms with van der Waals surface area (Å²) >= 11 is 0. The van der Waals surface area contributed by atoms with E-state index in [2.05, 4.69) is 10.1 Å². The fraction of sp³-hybridized carbons (Fsp3) is 0.308. The molecule has 5 nitrogen and oxygen atoms in total. The summed E-state index contributed by atoms with van der Waals surface area (Å²) < 4.78 is 1.88. The van der Waals surface area contributed by atoms with Crippen LogP contribution in [-0.2, 0) is 6.54 Å². The van der Waals surface area contributed by atoms with Crippen molar-refractivity contribution in [2.24, 2.45) is 0 Å². The Morgan fingerprint density at radius 2 is 2.06 bits per heavy atom. The Morgan fingerprint density at radius 1 is 1.33 bits per heavy atom. The van der Waals surface area contributed by atoms with Crippen LogP contribution in [0.25, 0.3) is 0 Å². The molecule has 0 aliphatic carbocycles. The molecule has 0 bridgehead atoms. The van der Waals surface area contributed by atoms with Gasteiger partial charge in [0.1, 0.15) is 0 Å². The van der Waals surface area contributed by atoms with Crippen LogP contribution in [0.15, 0.2) is 18.3 Å². The first-order valence-corrected chi connectivity index (χ1v) is 5.68. The summed E-state index contributed by atoms with van der Waals surface area (Å²) in [4.78, 5) is 14.8. The highest BCUT2D eigenvalue weighted by atomic mass is 16.4. The number of aromatic carboxylic acids is 1. The number of hydrogen-bond acceptors (Lipinski definition) is 3. The van der Waals surface area contributed by atoms with Crippen molar-refractivity contribution in [1.29, 1.82) is 0 Å². The van der Waals surface area contributed by atoms with Gasteiger partial charge in [-0.1, -0.05) is 0 Å². The summed E-state index contributed by atoms with van der Waals surface area (Å²) in [7, 11) is 0. The number of nitrogens with zero attached hydrogens (tertiary/aromatic N) is 3. The molecule has 2 aromatic rings. The maximum absolute atomic E-state index is 10.7. The monoisotopic (exact) mass is 245 g/mol. The standard InChI is InChI=1S/C13H15N3O2/c1-8-9(2)15-16(10(8)3)7-12-5-4-11(6-14-12)13(17)18/h4-6H,7H2,1-3H3,(H,17,18). The van der Waals surface area contributed by atoms with Crippen LogP contribution in [0.5, 0.6) is 0 Å². The summed E-state index contributed by atoms with van der Waals surface area (Å²) in [6.07, 6.45) is 1.37.